The van der Waals surface area contributed by atoms with E-state index in [1.807, 2.05) is 13.0 Å². The lowest BCUT2D eigenvalue weighted by Crippen LogP contribution is -1.97. The van der Waals surface area contributed by atoms with Crippen molar-refractivity contribution in [3.8, 4) is 10.4 Å². The molecule has 2 aromatic rings. The first-order valence-corrected chi connectivity index (χ1v) is 5.49. The van der Waals surface area contributed by atoms with Gasteiger partial charge in [0, 0.05) is 15.3 Å². The predicted molar refractivity (Wildman–Crippen MR) is 61.4 cm³/mol. The molecule has 2 nitrogen and oxygen atoms in total. The van der Waals surface area contributed by atoms with Crippen molar-refractivity contribution in [3.05, 3.63) is 46.6 Å². The number of carboxylic acid groups (broad SMARTS) is 1. The van der Waals surface area contributed by atoms with Crippen molar-refractivity contribution in [2.45, 2.75) is 6.92 Å². The van der Waals surface area contributed by atoms with Crippen LogP contribution >= 0.6 is 11.3 Å². The first-order chi connectivity index (χ1) is 7.58. The van der Waals surface area contributed by atoms with Crippen LogP contribution in [0, 0.1) is 12.7 Å². The summed E-state index contributed by atoms with van der Waals surface area (Å²) in [6, 6.07) is 7.50. The molecule has 82 valence electrons. The monoisotopic (exact) mass is 236 g/mol. The number of rotatable bonds is 2. The molecule has 0 atom stereocenters. The standard InChI is InChI=1S/C12H9FO2S/c1-7-2-5-11(16-7)9-6-8(12(14)15)3-4-10(9)13/h2-6H,1H3,(H,14,15). The van der Waals surface area contributed by atoms with Gasteiger partial charge in [0.2, 0.25) is 0 Å². The Labute approximate surface area is 96.0 Å². The highest BCUT2D eigenvalue weighted by molar-refractivity contribution is 7.15. The second kappa shape index (κ2) is 4.06. The lowest BCUT2D eigenvalue weighted by atomic mass is 10.1. The Morgan fingerprint density at radius 3 is 2.62 bits per heavy atom. The van der Waals surface area contributed by atoms with E-state index in [4.69, 9.17) is 5.11 Å². The highest BCUT2D eigenvalue weighted by atomic mass is 32.1. The third-order valence-electron chi connectivity index (χ3n) is 2.22. The van der Waals surface area contributed by atoms with E-state index in [2.05, 4.69) is 0 Å². The van der Waals surface area contributed by atoms with Crippen molar-refractivity contribution >= 4 is 17.3 Å². The second-order valence-corrected chi connectivity index (χ2v) is 4.70. The quantitative estimate of drug-likeness (QED) is 0.865. The molecular formula is C12H9FO2S. The van der Waals surface area contributed by atoms with Gasteiger partial charge in [0.05, 0.1) is 5.56 Å². The van der Waals surface area contributed by atoms with Gasteiger partial charge in [-0.25, -0.2) is 9.18 Å². The molecule has 1 heterocycles. The van der Waals surface area contributed by atoms with Crippen molar-refractivity contribution in [1.29, 1.82) is 0 Å². The van der Waals surface area contributed by atoms with Crippen LogP contribution in [0.4, 0.5) is 4.39 Å². The summed E-state index contributed by atoms with van der Waals surface area (Å²) in [7, 11) is 0. The first-order valence-electron chi connectivity index (χ1n) is 4.67. The molecular weight excluding hydrogens is 227 g/mol. The van der Waals surface area contributed by atoms with E-state index < -0.39 is 11.8 Å². The summed E-state index contributed by atoms with van der Waals surface area (Å²) in [6.07, 6.45) is 0. The molecule has 1 aromatic carbocycles. The summed E-state index contributed by atoms with van der Waals surface area (Å²) >= 11 is 1.44. The number of benzene rings is 1. The molecule has 16 heavy (non-hydrogen) atoms. The molecule has 1 N–H and O–H groups in total. The molecule has 2 rings (SSSR count). The van der Waals surface area contributed by atoms with Gasteiger partial charge in [0.1, 0.15) is 5.82 Å². The van der Waals surface area contributed by atoms with Gasteiger partial charge in [0.25, 0.3) is 0 Å². The normalized spacial score (nSPS) is 10.4. The van der Waals surface area contributed by atoms with Crippen LogP contribution in [0.5, 0.6) is 0 Å². The van der Waals surface area contributed by atoms with Crippen LogP contribution in [-0.4, -0.2) is 11.1 Å². The summed E-state index contributed by atoms with van der Waals surface area (Å²) in [5.41, 5.74) is 0.445. The zero-order chi connectivity index (χ0) is 11.7. The van der Waals surface area contributed by atoms with Crippen molar-refractivity contribution < 1.29 is 14.3 Å². The summed E-state index contributed by atoms with van der Waals surface area (Å²) in [5.74, 6) is -1.44. The van der Waals surface area contributed by atoms with Gasteiger partial charge in [-0.3, -0.25) is 0 Å². The fraction of sp³-hybridized carbons (Fsp3) is 0.0833. The van der Waals surface area contributed by atoms with Crippen molar-refractivity contribution in [2.75, 3.05) is 0 Å². The molecule has 0 saturated carbocycles. The summed E-state index contributed by atoms with van der Waals surface area (Å²) in [4.78, 5) is 12.6. The maximum atomic E-state index is 13.5. The maximum absolute atomic E-state index is 13.5. The van der Waals surface area contributed by atoms with Gasteiger partial charge >= 0.3 is 5.97 Å². The molecule has 0 unspecified atom stereocenters. The average Bonchev–Trinajstić information content (AvgIpc) is 2.65. The van der Waals surface area contributed by atoms with Crippen LogP contribution in [-0.2, 0) is 0 Å². The number of aryl methyl sites for hydroxylation is 1. The third kappa shape index (κ3) is 1.97. The van der Waals surface area contributed by atoms with Crippen molar-refractivity contribution in [3.63, 3.8) is 0 Å². The Bertz CT molecular complexity index is 546. The van der Waals surface area contributed by atoms with Crippen LogP contribution in [0.2, 0.25) is 0 Å². The first kappa shape index (κ1) is 10.8. The minimum absolute atomic E-state index is 0.0995. The fourth-order valence-electron chi connectivity index (χ4n) is 1.43. The third-order valence-corrected chi connectivity index (χ3v) is 3.25. The molecule has 0 aliphatic rings. The van der Waals surface area contributed by atoms with E-state index in [-0.39, 0.29) is 5.56 Å². The van der Waals surface area contributed by atoms with Crippen molar-refractivity contribution in [1.82, 2.24) is 0 Å². The lowest BCUT2D eigenvalue weighted by Gasteiger charge is -2.01. The largest absolute Gasteiger partial charge is 0.478 e. The van der Waals surface area contributed by atoms with E-state index in [9.17, 15) is 9.18 Å². The smallest absolute Gasteiger partial charge is 0.335 e. The fourth-order valence-corrected chi connectivity index (χ4v) is 2.31. The van der Waals surface area contributed by atoms with Crippen molar-refractivity contribution in [2.24, 2.45) is 0 Å². The molecule has 1 aromatic heterocycles. The van der Waals surface area contributed by atoms with Crippen LogP contribution in [0.1, 0.15) is 15.2 Å². The van der Waals surface area contributed by atoms with E-state index in [0.29, 0.717) is 5.56 Å². The number of halogens is 1. The van der Waals surface area contributed by atoms with Crippen LogP contribution in [0.3, 0.4) is 0 Å². The van der Waals surface area contributed by atoms with Crippen LogP contribution in [0.15, 0.2) is 30.3 Å². The molecule has 4 heteroatoms. The van der Waals surface area contributed by atoms with E-state index in [1.54, 1.807) is 6.07 Å². The van der Waals surface area contributed by atoms with E-state index in [1.165, 1.54) is 29.5 Å². The zero-order valence-electron chi connectivity index (χ0n) is 8.53. The van der Waals surface area contributed by atoms with Gasteiger partial charge in [-0.15, -0.1) is 11.3 Å². The highest BCUT2D eigenvalue weighted by Crippen LogP contribution is 2.30. The minimum Gasteiger partial charge on any atom is -0.478 e. The number of aromatic carboxylic acids is 1. The Morgan fingerprint density at radius 1 is 1.31 bits per heavy atom. The molecule has 0 spiro atoms. The molecule has 0 radical (unpaired) electrons. The SMILES string of the molecule is Cc1ccc(-c2cc(C(=O)O)ccc2F)s1. The average molecular weight is 236 g/mol. The van der Waals surface area contributed by atoms with Gasteiger partial charge in [-0.2, -0.15) is 0 Å². The summed E-state index contributed by atoms with van der Waals surface area (Å²) < 4.78 is 13.5. The number of carbonyl (C=O) groups is 1. The Kier molecular flexibility index (Phi) is 2.75. The maximum Gasteiger partial charge on any atom is 0.335 e. The van der Waals surface area contributed by atoms with Gasteiger partial charge in [-0.05, 0) is 37.3 Å². The molecule has 0 aliphatic carbocycles. The van der Waals surface area contributed by atoms with Gasteiger partial charge in [-0.1, -0.05) is 0 Å². The molecule has 0 saturated heterocycles. The number of thiophene rings is 1. The van der Waals surface area contributed by atoms with Gasteiger partial charge < -0.3 is 5.11 Å². The minimum atomic E-state index is -1.05. The second-order valence-electron chi connectivity index (χ2n) is 3.41. The predicted octanol–water partition coefficient (Wildman–Crippen LogP) is 3.56. The molecule has 0 amide bonds. The zero-order valence-corrected chi connectivity index (χ0v) is 9.34. The number of hydrogen-bond donors (Lipinski definition) is 1. The number of hydrogen-bond acceptors (Lipinski definition) is 2. The summed E-state index contributed by atoms with van der Waals surface area (Å²) in [5, 5.41) is 8.83. The van der Waals surface area contributed by atoms with Gasteiger partial charge in [0.15, 0.2) is 0 Å². The highest BCUT2D eigenvalue weighted by Gasteiger charge is 2.11. The van der Waals surface area contributed by atoms with E-state index >= 15 is 0 Å². The summed E-state index contributed by atoms with van der Waals surface area (Å²) in [6.45, 7) is 1.92. The topological polar surface area (TPSA) is 37.3 Å². The Morgan fingerprint density at radius 2 is 2.06 bits per heavy atom. The lowest BCUT2D eigenvalue weighted by molar-refractivity contribution is 0.0697. The molecule has 0 fully saturated rings. The molecule has 0 aliphatic heterocycles. The van der Waals surface area contributed by atoms with Crippen LogP contribution in [0.25, 0.3) is 10.4 Å². The van der Waals surface area contributed by atoms with Crippen LogP contribution < -0.4 is 0 Å². The number of carboxylic acids is 1. The Hall–Kier alpha value is -1.68. The Balaban J connectivity index is 2.55. The molecule has 0 bridgehead atoms. The van der Waals surface area contributed by atoms with E-state index in [0.717, 1.165) is 9.75 Å².